The van der Waals surface area contributed by atoms with Gasteiger partial charge in [0.15, 0.2) is 6.29 Å². The summed E-state index contributed by atoms with van der Waals surface area (Å²) in [4.78, 5) is 15.8. The summed E-state index contributed by atoms with van der Waals surface area (Å²) in [6.45, 7) is 9.46. The normalized spacial score (nSPS) is 24.1. The van der Waals surface area contributed by atoms with Crippen LogP contribution in [-0.2, 0) is 30.8 Å². The van der Waals surface area contributed by atoms with E-state index in [2.05, 4.69) is 34.5 Å². The van der Waals surface area contributed by atoms with Crippen molar-refractivity contribution in [3.63, 3.8) is 0 Å². The molecule has 0 unspecified atom stereocenters. The van der Waals surface area contributed by atoms with Gasteiger partial charge in [-0.25, -0.2) is 13.2 Å². The monoisotopic (exact) mass is 643 g/mol. The number of ether oxygens (including phenoxy) is 3. The van der Waals surface area contributed by atoms with Gasteiger partial charge in [0, 0.05) is 19.6 Å². The van der Waals surface area contributed by atoms with Crippen LogP contribution in [0.4, 0.5) is 4.79 Å². The second kappa shape index (κ2) is 15.4. The molecule has 3 saturated heterocycles. The number of hydrogen-bond donors (Lipinski definition) is 2. The summed E-state index contributed by atoms with van der Waals surface area (Å²) in [5.41, 5.74) is 2.24. The van der Waals surface area contributed by atoms with Crippen molar-refractivity contribution in [2.75, 3.05) is 39.4 Å². The third-order valence-corrected chi connectivity index (χ3v) is 11.0. The highest BCUT2D eigenvalue weighted by atomic mass is 32.2. The van der Waals surface area contributed by atoms with Gasteiger partial charge in [0.1, 0.15) is 6.10 Å². The molecule has 5 rings (SSSR count). The van der Waals surface area contributed by atoms with E-state index in [9.17, 15) is 18.3 Å². The van der Waals surface area contributed by atoms with E-state index in [1.807, 2.05) is 26.8 Å². The topological polar surface area (TPSA) is 118 Å². The molecule has 248 valence electrons. The number of rotatable bonds is 13. The number of alkyl carbamates (subject to hydrolysis) is 1. The van der Waals surface area contributed by atoms with Crippen LogP contribution in [0.1, 0.15) is 50.7 Å². The minimum absolute atomic E-state index is 0.00532. The second-order valence-electron chi connectivity index (χ2n) is 13.3. The van der Waals surface area contributed by atoms with E-state index < -0.39 is 34.4 Å². The SMILES string of the molecule is Cc1ccc(S(=O)(=O)N(CC(C)C)C[C@@H](O)[C@H](CC2CCN(Cc3ccccc3)CC2)NC(=O)O[C@H]2CO[C@H]3OCC[C@H]32)cc1. The van der Waals surface area contributed by atoms with Gasteiger partial charge in [-0.1, -0.05) is 61.9 Å². The van der Waals surface area contributed by atoms with Crippen LogP contribution in [0.25, 0.3) is 0 Å². The molecule has 0 aliphatic carbocycles. The van der Waals surface area contributed by atoms with Crippen LogP contribution in [0.2, 0.25) is 0 Å². The van der Waals surface area contributed by atoms with Crippen molar-refractivity contribution in [3.05, 3.63) is 65.7 Å². The molecule has 3 heterocycles. The Balaban J connectivity index is 1.27. The first-order chi connectivity index (χ1) is 21.6. The van der Waals surface area contributed by atoms with Crippen molar-refractivity contribution < 1.29 is 32.5 Å². The molecule has 3 aliphatic heterocycles. The number of fused-ring (bicyclic) bond motifs is 1. The lowest BCUT2D eigenvalue weighted by Gasteiger charge is -2.36. The number of likely N-dealkylation sites (tertiary alicyclic amines) is 1. The first-order valence-electron chi connectivity index (χ1n) is 16.3. The van der Waals surface area contributed by atoms with Gasteiger partial charge in [0.25, 0.3) is 0 Å². The lowest BCUT2D eigenvalue weighted by molar-refractivity contribution is -0.0907. The molecule has 0 aromatic heterocycles. The maximum absolute atomic E-state index is 13.7. The van der Waals surface area contributed by atoms with Crippen molar-refractivity contribution in [3.8, 4) is 0 Å². The average molecular weight is 644 g/mol. The summed E-state index contributed by atoms with van der Waals surface area (Å²) in [7, 11) is -3.88. The van der Waals surface area contributed by atoms with Crippen LogP contribution in [0.15, 0.2) is 59.5 Å². The van der Waals surface area contributed by atoms with Crippen molar-refractivity contribution in [2.24, 2.45) is 17.8 Å². The van der Waals surface area contributed by atoms with E-state index in [-0.39, 0.29) is 48.6 Å². The van der Waals surface area contributed by atoms with Crippen molar-refractivity contribution in [1.82, 2.24) is 14.5 Å². The fourth-order valence-electron chi connectivity index (χ4n) is 6.64. The molecule has 2 aromatic carbocycles. The quantitative estimate of drug-likeness (QED) is 0.334. The Morgan fingerprint density at radius 3 is 2.44 bits per heavy atom. The second-order valence-corrected chi connectivity index (χ2v) is 15.2. The van der Waals surface area contributed by atoms with Gasteiger partial charge in [0.05, 0.1) is 36.2 Å². The highest BCUT2D eigenvalue weighted by molar-refractivity contribution is 7.89. The number of nitrogens with zero attached hydrogens (tertiary/aromatic N) is 2. The number of aliphatic hydroxyl groups excluding tert-OH is 1. The van der Waals surface area contributed by atoms with Gasteiger partial charge in [-0.2, -0.15) is 4.31 Å². The molecule has 0 spiro atoms. The molecular weight excluding hydrogens is 594 g/mol. The van der Waals surface area contributed by atoms with Gasteiger partial charge in [0.2, 0.25) is 10.0 Å². The largest absolute Gasteiger partial charge is 0.443 e. The number of piperidine rings is 1. The lowest BCUT2D eigenvalue weighted by atomic mass is 9.88. The van der Waals surface area contributed by atoms with Crippen LogP contribution >= 0.6 is 0 Å². The number of carbonyl (C=O) groups excluding carboxylic acids is 1. The molecule has 10 nitrogen and oxygen atoms in total. The van der Waals surface area contributed by atoms with Crippen LogP contribution in [0.5, 0.6) is 0 Å². The molecular formula is C34H49N3O7S. The third kappa shape index (κ3) is 9.05. The van der Waals surface area contributed by atoms with E-state index in [0.29, 0.717) is 13.0 Å². The van der Waals surface area contributed by atoms with E-state index in [1.54, 1.807) is 24.3 Å². The summed E-state index contributed by atoms with van der Waals surface area (Å²) < 4.78 is 45.8. The van der Waals surface area contributed by atoms with E-state index in [4.69, 9.17) is 14.2 Å². The number of sulfonamides is 1. The van der Waals surface area contributed by atoms with Crippen molar-refractivity contribution >= 4 is 16.1 Å². The molecule has 3 fully saturated rings. The van der Waals surface area contributed by atoms with Crippen LogP contribution < -0.4 is 5.32 Å². The fraction of sp³-hybridized carbons (Fsp3) is 0.618. The van der Waals surface area contributed by atoms with Gasteiger partial charge < -0.3 is 24.6 Å². The number of nitrogens with one attached hydrogen (secondary N) is 1. The zero-order chi connectivity index (χ0) is 32.0. The number of hydrogen-bond acceptors (Lipinski definition) is 8. The third-order valence-electron chi connectivity index (χ3n) is 9.17. The summed E-state index contributed by atoms with van der Waals surface area (Å²) in [6, 6.07) is 16.5. The van der Waals surface area contributed by atoms with Gasteiger partial charge >= 0.3 is 6.09 Å². The summed E-state index contributed by atoms with van der Waals surface area (Å²) in [6.07, 6.45) is 0.588. The lowest BCUT2D eigenvalue weighted by Crippen LogP contribution is -2.52. The van der Waals surface area contributed by atoms with E-state index in [0.717, 1.165) is 44.5 Å². The molecule has 0 saturated carbocycles. The van der Waals surface area contributed by atoms with Crippen molar-refractivity contribution in [1.29, 1.82) is 0 Å². The van der Waals surface area contributed by atoms with Crippen molar-refractivity contribution in [2.45, 2.75) is 82.4 Å². The number of amides is 1. The molecule has 2 aromatic rings. The first kappa shape index (κ1) is 33.8. The standard InChI is InChI=1S/C34H49N3O7S/c1-24(2)20-37(45(40,41)28-11-9-25(3)10-12-28)22-31(38)30(35-34(39)44-32-23-43-33-29(32)15-18-42-33)19-26-13-16-36(17-14-26)21-27-7-5-4-6-8-27/h4-12,24,26,29-33,38H,13-23H2,1-3H3,(H,35,39)/t29-,30-,31+,32-,33+/m0/s1. The predicted molar refractivity (Wildman–Crippen MR) is 171 cm³/mol. The highest BCUT2D eigenvalue weighted by Crippen LogP contribution is 2.33. The molecule has 0 bridgehead atoms. The predicted octanol–water partition coefficient (Wildman–Crippen LogP) is 4.16. The fourth-order valence-corrected chi connectivity index (χ4v) is 8.26. The smallest absolute Gasteiger partial charge is 0.407 e. The summed E-state index contributed by atoms with van der Waals surface area (Å²) in [5, 5.41) is 14.6. The van der Waals surface area contributed by atoms with Gasteiger partial charge in [-0.3, -0.25) is 4.90 Å². The Bertz CT molecular complexity index is 1330. The van der Waals surface area contributed by atoms with Crippen LogP contribution in [-0.4, -0.2) is 92.8 Å². The maximum atomic E-state index is 13.7. The molecule has 3 aliphatic rings. The molecule has 2 N–H and O–H groups in total. The molecule has 11 heteroatoms. The number of carbonyl (C=O) groups is 1. The van der Waals surface area contributed by atoms with Crippen LogP contribution in [0, 0.1) is 24.7 Å². The number of aryl methyl sites for hydroxylation is 1. The molecule has 5 atom stereocenters. The number of aliphatic hydroxyl groups is 1. The minimum Gasteiger partial charge on any atom is -0.443 e. The van der Waals surface area contributed by atoms with Gasteiger partial charge in [-0.05, 0) is 75.2 Å². The molecule has 1 amide bonds. The van der Waals surface area contributed by atoms with E-state index in [1.165, 1.54) is 9.87 Å². The number of benzene rings is 2. The zero-order valence-electron chi connectivity index (χ0n) is 26.7. The summed E-state index contributed by atoms with van der Waals surface area (Å²) in [5.74, 6) is 0.285. The minimum atomic E-state index is -3.88. The Morgan fingerprint density at radius 2 is 1.76 bits per heavy atom. The Hall–Kier alpha value is -2.54. The maximum Gasteiger partial charge on any atom is 0.407 e. The van der Waals surface area contributed by atoms with Crippen LogP contribution in [0.3, 0.4) is 0 Å². The van der Waals surface area contributed by atoms with Gasteiger partial charge in [-0.15, -0.1) is 0 Å². The van der Waals surface area contributed by atoms with E-state index >= 15 is 0 Å². The average Bonchev–Trinajstić information content (AvgIpc) is 3.63. The highest BCUT2D eigenvalue weighted by Gasteiger charge is 2.44. The Kier molecular flexibility index (Phi) is 11.5. The molecule has 0 radical (unpaired) electrons. The molecule has 45 heavy (non-hydrogen) atoms. The Morgan fingerprint density at radius 1 is 1.04 bits per heavy atom. The summed E-state index contributed by atoms with van der Waals surface area (Å²) >= 11 is 0. The first-order valence-corrected chi connectivity index (χ1v) is 17.7. The zero-order valence-corrected chi connectivity index (χ0v) is 27.5. The Labute approximate surface area is 268 Å².